The van der Waals surface area contributed by atoms with Crippen LogP contribution in [0.15, 0.2) is 36.5 Å². The van der Waals surface area contributed by atoms with Gasteiger partial charge in [-0.2, -0.15) is 5.10 Å². The molecule has 0 radical (unpaired) electrons. The standard InChI is InChI=1S/C14H18N4O/c1-3-11-4-6-12(7-5-11)16-14(19)10(2)18-9-8-13(15)17-18/h4-10H,3H2,1-2H3,(H2,15,17)(H,16,19). The van der Waals surface area contributed by atoms with E-state index in [4.69, 9.17) is 5.73 Å². The van der Waals surface area contributed by atoms with Crippen molar-refractivity contribution in [3.8, 4) is 0 Å². The van der Waals surface area contributed by atoms with Crippen LogP contribution in [0.5, 0.6) is 0 Å². The molecule has 5 nitrogen and oxygen atoms in total. The number of rotatable bonds is 4. The van der Waals surface area contributed by atoms with Crippen molar-refractivity contribution in [1.29, 1.82) is 0 Å². The average molecular weight is 258 g/mol. The van der Waals surface area contributed by atoms with Gasteiger partial charge >= 0.3 is 0 Å². The molecule has 0 aliphatic rings. The van der Waals surface area contributed by atoms with Crippen molar-refractivity contribution >= 4 is 17.4 Å². The second-order valence-corrected chi connectivity index (χ2v) is 4.44. The van der Waals surface area contributed by atoms with Crippen LogP contribution in [-0.4, -0.2) is 15.7 Å². The van der Waals surface area contributed by atoms with Crippen LogP contribution in [0.2, 0.25) is 0 Å². The molecular formula is C14H18N4O. The lowest BCUT2D eigenvalue weighted by Crippen LogP contribution is -2.24. The highest BCUT2D eigenvalue weighted by Crippen LogP contribution is 2.13. The lowest BCUT2D eigenvalue weighted by molar-refractivity contribution is -0.119. The highest BCUT2D eigenvalue weighted by Gasteiger charge is 2.15. The Bertz CT molecular complexity index is 559. The molecule has 0 aliphatic heterocycles. The summed E-state index contributed by atoms with van der Waals surface area (Å²) in [5.41, 5.74) is 7.57. The topological polar surface area (TPSA) is 72.9 Å². The Morgan fingerprint density at radius 1 is 1.37 bits per heavy atom. The molecule has 2 rings (SSSR count). The zero-order valence-electron chi connectivity index (χ0n) is 11.1. The van der Waals surface area contributed by atoms with Crippen LogP contribution < -0.4 is 11.1 Å². The second kappa shape index (κ2) is 5.56. The van der Waals surface area contributed by atoms with Crippen molar-refractivity contribution < 1.29 is 4.79 Å². The van der Waals surface area contributed by atoms with E-state index in [0.29, 0.717) is 5.82 Å². The monoisotopic (exact) mass is 258 g/mol. The molecule has 5 heteroatoms. The molecule has 0 fully saturated rings. The fourth-order valence-corrected chi connectivity index (χ4v) is 1.76. The van der Waals surface area contributed by atoms with Gasteiger partial charge in [0.15, 0.2) is 0 Å². The van der Waals surface area contributed by atoms with E-state index in [-0.39, 0.29) is 5.91 Å². The van der Waals surface area contributed by atoms with Crippen LogP contribution in [-0.2, 0) is 11.2 Å². The van der Waals surface area contributed by atoms with Crippen molar-refractivity contribution in [1.82, 2.24) is 9.78 Å². The normalized spacial score (nSPS) is 12.1. The maximum absolute atomic E-state index is 12.1. The molecule has 3 N–H and O–H groups in total. The van der Waals surface area contributed by atoms with Gasteiger partial charge in [-0.15, -0.1) is 0 Å². The summed E-state index contributed by atoms with van der Waals surface area (Å²) in [5, 5.41) is 6.89. The number of nitrogens with zero attached hydrogens (tertiary/aromatic N) is 2. The number of amides is 1. The number of carbonyl (C=O) groups excluding carboxylic acids is 1. The number of hydrogen-bond donors (Lipinski definition) is 2. The summed E-state index contributed by atoms with van der Waals surface area (Å²) in [6.45, 7) is 3.87. The highest BCUT2D eigenvalue weighted by molar-refractivity contribution is 5.93. The predicted octanol–water partition coefficient (Wildman–Crippen LogP) is 2.23. The maximum atomic E-state index is 12.1. The summed E-state index contributed by atoms with van der Waals surface area (Å²) in [4.78, 5) is 12.1. The molecule has 1 atom stereocenters. The van der Waals surface area contributed by atoms with E-state index in [1.807, 2.05) is 24.3 Å². The third-order valence-electron chi connectivity index (χ3n) is 3.03. The van der Waals surface area contributed by atoms with Crippen LogP contribution in [0.1, 0.15) is 25.5 Å². The molecule has 0 aliphatic carbocycles. The lowest BCUT2D eigenvalue weighted by Gasteiger charge is -2.12. The van der Waals surface area contributed by atoms with Crippen LogP contribution in [0.4, 0.5) is 11.5 Å². The van der Waals surface area contributed by atoms with Crippen molar-refractivity contribution in [3.63, 3.8) is 0 Å². The largest absolute Gasteiger partial charge is 0.382 e. The first kappa shape index (κ1) is 13.1. The molecule has 0 spiro atoms. The minimum Gasteiger partial charge on any atom is -0.382 e. The number of nitrogens with one attached hydrogen (secondary N) is 1. The number of nitrogen functional groups attached to an aromatic ring is 1. The number of carbonyl (C=O) groups is 1. The number of hydrogen-bond acceptors (Lipinski definition) is 3. The Hall–Kier alpha value is -2.30. The van der Waals surface area contributed by atoms with Gasteiger partial charge in [-0.1, -0.05) is 19.1 Å². The van der Waals surface area contributed by atoms with Crippen molar-refractivity contribution in [3.05, 3.63) is 42.1 Å². The Kier molecular flexibility index (Phi) is 3.85. The summed E-state index contributed by atoms with van der Waals surface area (Å²) in [6, 6.07) is 9.09. The molecule has 1 aromatic heterocycles. The first-order valence-electron chi connectivity index (χ1n) is 6.30. The number of aromatic nitrogens is 2. The van der Waals surface area contributed by atoms with E-state index in [2.05, 4.69) is 17.3 Å². The van der Waals surface area contributed by atoms with Gasteiger partial charge < -0.3 is 11.1 Å². The van der Waals surface area contributed by atoms with Gasteiger partial charge in [-0.3, -0.25) is 9.48 Å². The molecule has 19 heavy (non-hydrogen) atoms. The van der Waals surface area contributed by atoms with Crippen LogP contribution in [0.25, 0.3) is 0 Å². The quantitative estimate of drug-likeness (QED) is 0.883. The third kappa shape index (κ3) is 3.13. The summed E-state index contributed by atoms with van der Waals surface area (Å²) in [6.07, 6.45) is 2.68. The fourth-order valence-electron chi connectivity index (χ4n) is 1.76. The van der Waals surface area contributed by atoms with Gasteiger partial charge in [0, 0.05) is 11.9 Å². The summed E-state index contributed by atoms with van der Waals surface area (Å²) in [7, 11) is 0. The molecule has 0 bridgehead atoms. The molecule has 1 unspecified atom stereocenters. The minimum atomic E-state index is -0.400. The molecule has 100 valence electrons. The molecule has 0 saturated heterocycles. The van der Waals surface area contributed by atoms with E-state index < -0.39 is 6.04 Å². The van der Waals surface area contributed by atoms with Gasteiger partial charge in [0.2, 0.25) is 5.91 Å². The van der Waals surface area contributed by atoms with Gasteiger partial charge in [-0.25, -0.2) is 0 Å². The smallest absolute Gasteiger partial charge is 0.248 e. The molecule has 1 amide bonds. The van der Waals surface area contributed by atoms with Gasteiger partial charge in [-0.05, 0) is 37.1 Å². The highest BCUT2D eigenvalue weighted by atomic mass is 16.2. The first-order valence-corrected chi connectivity index (χ1v) is 6.30. The Morgan fingerprint density at radius 2 is 2.05 bits per heavy atom. The van der Waals surface area contributed by atoms with Crippen molar-refractivity contribution in [2.75, 3.05) is 11.1 Å². The van der Waals surface area contributed by atoms with E-state index >= 15 is 0 Å². The number of nitrogens with two attached hydrogens (primary N) is 1. The number of aryl methyl sites for hydroxylation is 1. The molecule has 1 aromatic carbocycles. The van der Waals surface area contributed by atoms with E-state index in [1.165, 1.54) is 5.56 Å². The summed E-state index contributed by atoms with van der Waals surface area (Å²) in [5.74, 6) is 0.291. The van der Waals surface area contributed by atoms with E-state index in [0.717, 1.165) is 12.1 Å². The minimum absolute atomic E-state index is 0.118. The SMILES string of the molecule is CCc1ccc(NC(=O)C(C)n2ccc(N)n2)cc1. The van der Waals surface area contributed by atoms with Crippen LogP contribution in [0, 0.1) is 0 Å². The Labute approximate surface area is 112 Å². The molecule has 0 saturated carbocycles. The second-order valence-electron chi connectivity index (χ2n) is 4.44. The summed E-state index contributed by atoms with van der Waals surface area (Å²) < 4.78 is 1.55. The maximum Gasteiger partial charge on any atom is 0.248 e. The van der Waals surface area contributed by atoms with Gasteiger partial charge in [0.05, 0.1) is 0 Å². The lowest BCUT2D eigenvalue weighted by atomic mass is 10.1. The zero-order valence-corrected chi connectivity index (χ0v) is 11.1. The van der Waals surface area contributed by atoms with Crippen LogP contribution in [0.3, 0.4) is 0 Å². The fraction of sp³-hybridized carbons (Fsp3) is 0.286. The molecule has 2 aromatic rings. The van der Waals surface area contributed by atoms with Gasteiger partial charge in [0.1, 0.15) is 11.9 Å². The Morgan fingerprint density at radius 3 is 2.58 bits per heavy atom. The molecular weight excluding hydrogens is 240 g/mol. The van der Waals surface area contributed by atoms with Crippen molar-refractivity contribution in [2.24, 2.45) is 0 Å². The molecule has 1 heterocycles. The number of benzene rings is 1. The third-order valence-corrected chi connectivity index (χ3v) is 3.03. The summed E-state index contributed by atoms with van der Waals surface area (Å²) >= 11 is 0. The van der Waals surface area contributed by atoms with Crippen molar-refractivity contribution in [2.45, 2.75) is 26.3 Å². The van der Waals surface area contributed by atoms with E-state index in [9.17, 15) is 4.79 Å². The Balaban J connectivity index is 2.03. The van der Waals surface area contributed by atoms with Gasteiger partial charge in [0.25, 0.3) is 0 Å². The zero-order chi connectivity index (χ0) is 13.8. The van der Waals surface area contributed by atoms with Crippen LogP contribution >= 0.6 is 0 Å². The average Bonchev–Trinajstić information content (AvgIpc) is 2.85. The number of anilines is 2. The van der Waals surface area contributed by atoms with E-state index in [1.54, 1.807) is 23.9 Å². The predicted molar refractivity (Wildman–Crippen MR) is 75.8 cm³/mol. The first-order chi connectivity index (χ1) is 9.10.